The van der Waals surface area contributed by atoms with Gasteiger partial charge in [-0.3, -0.25) is 15.8 Å². The summed E-state index contributed by atoms with van der Waals surface area (Å²) in [4.78, 5) is 11.1. The molecular formula is C7H9N2OP. The number of rotatable bonds is 2. The SMILES string of the molecule is NP(N)C(=O)c1ccccc1. The molecule has 4 N–H and O–H groups in total. The molecule has 0 aliphatic heterocycles. The Bertz CT molecular complexity index is 248. The van der Waals surface area contributed by atoms with Gasteiger partial charge in [-0.25, -0.2) is 0 Å². The number of carbonyl (C=O) groups is 1. The van der Waals surface area contributed by atoms with Crippen molar-refractivity contribution < 1.29 is 4.79 Å². The highest BCUT2D eigenvalue weighted by Crippen LogP contribution is 2.20. The molecule has 0 amide bonds. The molecule has 58 valence electrons. The van der Waals surface area contributed by atoms with E-state index >= 15 is 0 Å². The molecule has 0 heterocycles. The summed E-state index contributed by atoms with van der Waals surface area (Å²) in [5.41, 5.74) is 10.9. The molecule has 0 aliphatic carbocycles. The third-order valence-corrected chi connectivity index (χ3v) is 1.98. The molecule has 1 aromatic rings. The van der Waals surface area contributed by atoms with Gasteiger partial charge in [0.25, 0.3) is 0 Å². The van der Waals surface area contributed by atoms with Crippen molar-refractivity contribution in [1.29, 1.82) is 0 Å². The molecule has 0 radical (unpaired) electrons. The Morgan fingerprint density at radius 1 is 1.18 bits per heavy atom. The lowest BCUT2D eigenvalue weighted by molar-refractivity contribution is 0.108. The average Bonchev–Trinajstić information content (AvgIpc) is 2.05. The van der Waals surface area contributed by atoms with Crippen LogP contribution in [0, 0.1) is 0 Å². The van der Waals surface area contributed by atoms with Crippen LogP contribution in [-0.4, -0.2) is 5.52 Å². The van der Waals surface area contributed by atoms with Crippen LogP contribution in [-0.2, 0) is 0 Å². The first-order chi connectivity index (χ1) is 5.22. The highest BCUT2D eigenvalue weighted by Gasteiger charge is 2.09. The summed E-state index contributed by atoms with van der Waals surface area (Å²) >= 11 is 0. The van der Waals surface area contributed by atoms with Gasteiger partial charge in [0.15, 0.2) is 0 Å². The largest absolute Gasteiger partial charge is 0.291 e. The lowest BCUT2D eigenvalue weighted by Crippen LogP contribution is -2.09. The van der Waals surface area contributed by atoms with E-state index in [1.807, 2.05) is 6.07 Å². The van der Waals surface area contributed by atoms with Gasteiger partial charge in [-0.05, 0) is 0 Å². The van der Waals surface area contributed by atoms with Gasteiger partial charge >= 0.3 is 0 Å². The minimum Gasteiger partial charge on any atom is -0.291 e. The van der Waals surface area contributed by atoms with E-state index in [4.69, 9.17) is 11.0 Å². The molecule has 3 nitrogen and oxygen atoms in total. The van der Waals surface area contributed by atoms with Gasteiger partial charge < -0.3 is 0 Å². The smallest absolute Gasteiger partial charge is 0.214 e. The third-order valence-electron chi connectivity index (χ3n) is 1.26. The van der Waals surface area contributed by atoms with E-state index in [9.17, 15) is 4.79 Å². The van der Waals surface area contributed by atoms with Gasteiger partial charge in [-0.2, -0.15) is 0 Å². The van der Waals surface area contributed by atoms with Crippen molar-refractivity contribution in [2.45, 2.75) is 0 Å². The van der Waals surface area contributed by atoms with Crippen LogP contribution in [0.5, 0.6) is 0 Å². The summed E-state index contributed by atoms with van der Waals surface area (Å²) < 4.78 is 0. The quantitative estimate of drug-likeness (QED) is 0.648. The number of benzene rings is 1. The molecule has 11 heavy (non-hydrogen) atoms. The maximum atomic E-state index is 11.1. The summed E-state index contributed by atoms with van der Waals surface area (Å²) in [6, 6.07) is 8.82. The predicted octanol–water partition coefficient (Wildman–Crippen LogP) is 1.06. The summed E-state index contributed by atoms with van der Waals surface area (Å²) in [7, 11) is -1.48. The molecule has 1 aromatic carbocycles. The van der Waals surface area contributed by atoms with Crippen LogP contribution >= 0.6 is 8.22 Å². The molecule has 0 fully saturated rings. The average molecular weight is 168 g/mol. The first kappa shape index (κ1) is 8.34. The van der Waals surface area contributed by atoms with Gasteiger partial charge in [-0.15, -0.1) is 0 Å². The molecule has 0 saturated heterocycles. The fraction of sp³-hybridized carbons (Fsp3) is 0. The molecular weight excluding hydrogens is 159 g/mol. The van der Waals surface area contributed by atoms with Gasteiger partial charge in [0.05, 0.1) is 0 Å². The van der Waals surface area contributed by atoms with E-state index < -0.39 is 8.22 Å². The van der Waals surface area contributed by atoms with E-state index in [1.165, 1.54) is 0 Å². The van der Waals surface area contributed by atoms with E-state index in [0.717, 1.165) is 0 Å². The van der Waals surface area contributed by atoms with Crippen molar-refractivity contribution in [3.8, 4) is 0 Å². The molecule has 4 heteroatoms. The Labute approximate surface area is 66.2 Å². The molecule has 0 spiro atoms. The van der Waals surface area contributed by atoms with Gasteiger partial charge in [0.2, 0.25) is 5.52 Å². The van der Waals surface area contributed by atoms with Crippen molar-refractivity contribution in [1.82, 2.24) is 0 Å². The summed E-state index contributed by atoms with van der Waals surface area (Å²) in [5, 5.41) is 0. The van der Waals surface area contributed by atoms with Gasteiger partial charge in [0.1, 0.15) is 8.22 Å². The van der Waals surface area contributed by atoms with Crippen LogP contribution < -0.4 is 11.0 Å². The standard InChI is InChI=1S/C7H9N2OP/c8-11(9)7(10)6-4-2-1-3-5-6/h1-5H,8-9H2. The van der Waals surface area contributed by atoms with Crippen LogP contribution in [0.25, 0.3) is 0 Å². The van der Waals surface area contributed by atoms with Crippen LogP contribution in [0.15, 0.2) is 30.3 Å². The van der Waals surface area contributed by atoms with E-state index in [0.29, 0.717) is 5.56 Å². The van der Waals surface area contributed by atoms with E-state index in [-0.39, 0.29) is 5.52 Å². The van der Waals surface area contributed by atoms with Crippen LogP contribution in [0.2, 0.25) is 0 Å². The number of hydrogen-bond acceptors (Lipinski definition) is 3. The second-order valence-electron chi connectivity index (χ2n) is 2.08. The minimum absolute atomic E-state index is 0.166. The fourth-order valence-electron chi connectivity index (χ4n) is 0.730. The maximum Gasteiger partial charge on any atom is 0.214 e. The second-order valence-corrected chi connectivity index (χ2v) is 3.30. The Morgan fingerprint density at radius 3 is 2.18 bits per heavy atom. The lowest BCUT2D eigenvalue weighted by atomic mass is 10.2. The third kappa shape index (κ3) is 2.09. The van der Waals surface area contributed by atoms with Crippen molar-refractivity contribution in [2.24, 2.45) is 11.0 Å². The summed E-state index contributed by atoms with van der Waals surface area (Å²) in [6.07, 6.45) is 0. The number of carbonyl (C=O) groups excluding carboxylic acids is 1. The zero-order valence-electron chi connectivity index (χ0n) is 5.90. The van der Waals surface area contributed by atoms with E-state index in [1.54, 1.807) is 24.3 Å². The summed E-state index contributed by atoms with van der Waals surface area (Å²) in [6.45, 7) is 0. The predicted molar refractivity (Wildman–Crippen MR) is 46.1 cm³/mol. The highest BCUT2D eigenvalue weighted by molar-refractivity contribution is 7.71. The van der Waals surface area contributed by atoms with Crippen LogP contribution in [0.1, 0.15) is 10.4 Å². The highest BCUT2D eigenvalue weighted by atomic mass is 31.1. The summed E-state index contributed by atoms with van der Waals surface area (Å²) in [5.74, 6) is 0. The Kier molecular flexibility index (Phi) is 2.71. The van der Waals surface area contributed by atoms with Gasteiger partial charge in [-0.1, -0.05) is 30.3 Å². The molecule has 0 bridgehead atoms. The Morgan fingerprint density at radius 2 is 1.73 bits per heavy atom. The zero-order valence-corrected chi connectivity index (χ0v) is 6.79. The molecule has 0 unspecified atom stereocenters. The van der Waals surface area contributed by atoms with Crippen molar-refractivity contribution in [3.05, 3.63) is 35.9 Å². The first-order valence-electron chi connectivity index (χ1n) is 3.10. The molecule has 0 atom stereocenters. The van der Waals surface area contributed by atoms with Gasteiger partial charge in [0, 0.05) is 5.56 Å². The zero-order chi connectivity index (χ0) is 8.27. The van der Waals surface area contributed by atoms with Crippen molar-refractivity contribution in [3.63, 3.8) is 0 Å². The topological polar surface area (TPSA) is 69.1 Å². The monoisotopic (exact) mass is 168 g/mol. The molecule has 0 aromatic heterocycles. The molecule has 0 saturated carbocycles. The second kappa shape index (κ2) is 3.58. The van der Waals surface area contributed by atoms with Crippen LogP contribution in [0.3, 0.4) is 0 Å². The van der Waals surface area contributed by atoms with E-state index in [2.05, 4.69) is 0 Å². The Hall–Kier alpha value is -0.760. The molecule has 1 rings (SSSR count). The Balaban J connectivity index is 2.86. The maximum absolute atomic E-state index is 11.1. The van der Waals surface area contributed by atoms with Crippen LogP contribution in [0.4, 0.5) is 0 Å². The fourth-order valence-corrected chi connectivity index (χ4v) is 1.18. The first-order valence-corrected chi connectivity index (χ1v) is 4.58. The number of nitrogens with two attached hydrogens (primary N) is 2. The van der Waals surface area contributed by atoms with Crippen molar-refractivity contribution >= 4 is 13.7 Å². The molecule has 0 aliphatic rings. The normalized spacial score (nSPS) is 10.1. The lowest BCUT2D eigenvalue weighted by Gasteiger charge is -2.01. The number of hydrogen-bond donors (Lipinski definition) is 2. The minimum atomic E-state index is -1.48. The van der Waals surface area contributed by atoms with Crippen molar-refractivity contribution in [2.75, 3.05) is 0 Å².